The quantitative estimate of drug-likeness (QED) is 0.877. The number of hydrogen-bond donors (Lipinski definition) is 1. The normalized spacial score (nSPS) is 14.0. The SMILES string of the molecule is CC[C@H](C)[C@H](N)c1nc(Cc2ccc(OC)cc2)no1. The molecule has 5 nitrogen and oxygen atoms in total. The molecule has 0 aliphatic heterocycles. The number of hydrogen-bond acceptors (Lipinski definition) is 5. The lowest BCUT2D eigenvalue weighted by atomic mass is 10.0. The molecule has 0 saturated carbocycles. The maximum Gasteiger partial charge on any atom is 0.243 e. The number of aromatic nitrogens is 2. The molecule has 1 aromatic carbocycles. The second-order valence-electron chi connectivity index (χ2n) is 4.99. The van der Waals surface area contributed by atoms with Gasteiger partial charge in [0.25, 0.3) is 0 Å². The summed E-state index contributed by atoms with van der Waals surface area (Å²) in [5.41, 5.74) is 7.19. The molecule has 5 heteroatoms. The van der Waals surface area contributed by atoms with E-state index in [1.165, 1.54) is 0 Å². The Bertz CT molecular complexity index is 536. The molecule has 0 aliphatic rings. The van der Waals surface area contributed by atoms with Crippen molar-refractivity contribution in [2.75, 3.05) is 7.11 Å². The van der Waals surface area contributed by atoms with Crippen LogP contribution >= 0.6 is 0 Å². The number of nitrogens with two attached hydrogens (primary N) is 1. The summed E-state index contributed by atoms with van der Waals surface area (Å²) in [6, 6.07) is 7.62. The minimum Gasteiger partial charge on any atom is -0.497 e. The third-order valence-electron chi connectivity index (χ3n) is 3.55. The second kappa shape index (κ2) is 6.52. The molecule has 2 aromatic rings. The van der Waals surface area contributed by atoms with E-state index in [0.29, 0.717) is 24.1 Å². The van der Waals surface area contributed by atoms with E-state index in [4.69, 9.17) is 15.0 Å². The Morgan fingerprint density at radius 2 is 2.00 bits per heavy atom. The average Bonchev–Trinajstić information content (AvgIpc) is 2.95. The second-order valence-corrected chi connectivity index (χ2v) is 4.99. The van der Waals surface area contributed by atoms with Crippen LogP contribution in [0, 0.1) is 5.92 Å². The first-order chi connectivity index (χ1) is 9.63. The van der Waals surface area contributed by atoms with Gasteiger partial charge >= 0.3 is 0 Å². The molecule has 0 bridgehead atoms. The molecule has 0 saturated heterocycles. The van der Waals surface area contributed by atoms with Crippen molar-refractivity contribution in [1.29, 1.82) is 0 Å². The van der Waals surface area contributed by atoms with Crippen molar-refractivity contribution in [3.05, 3.63) is 41.5 Å². The third kappa shape index (κ3) is 3.36. The highest BCUT2D eigenvalue weighted by molar-refractivity contribution is 5.28. The highest BCUT2D eigenvalue weighted by Gasteiger charge is 2.19. The summed E-state index contributed by atoms with van der Waals surface area (Å²) in [5, 5.41) is 3.99. The first kappa shape index (κ1) is 14.5. The summed E-state index contributed by atoms with van der Waals surface area (Å²) in [7, 11) is 1.65. The lowest BCUT2D eigenvalue weighted by Crippen LogP contribution is -2.18. The molecule has 2 rings (SSSR count). The zero-order valence-electron chi connectivity index (χ0n) is 12.2. The van der Waals surface area contributed by atoms with E-state index in [2.05, 4.69) is 24.0 Å². The number of ether oxygens (including phenoxy) is 1. The monoisotopic (exact) mass is 275 g/mol. The van der Waals surface area contributed by atoms with Crippen LogP contribution in [0.1, 0.15) is 43.6 Å². The van der Waals surface area contributed by atoms with Gasteiger partial charge in [-0.15, -0.1) is 0 Å². The smallest absolute Gasteiger partial charge is 0.243 e. The van der Waals surface area contributed by atoms with Crippen LogP contribution in [-0.4, -0.2) is 17.3 Å². The maximum atomic E-state index is 6.08. The molecular formula is C15H21N3O2. The number of methoxy groups -OCH3 is 1. The van der Waals surface area contributed by atoms with Crippen molar-refractivity contribution < 1.29 is 9.26 Å². The van der Waals surface area contributed by atoms with E-state index in [0.717, 1.165) is 17.7 Å². The Balaban J connectivity index is 2.05. The molecule has 2 N–H and O–H groups in total. The minimum absolute atomic E-state index is 0.197. The van der Waals surface area contributed by atoms with Gasteiger partial charge < -0.3 is 15.0 Å². The van der Waals surface area contributed by atoms with Crippen LogP contribution in [0.25, 0.3) is 0 Å². The van der Waals surface area contributed by atoms with Gasteiger partial charge in [-0.05, 0) is 23.6 Å². The average molecular weight is 275 g/mol. The highest BCUT2D eigenvalue weighted by atomic mass is 16.5. The Labute approximate surface area is 119 Å². The molecule has 108 valence electrons. The fourth-order valence-electron chi connectivity index (χ4n) is 1.90. The van der Waals surface area contributed by atoms with Crippen molar-refractivity contribution >= 4 is 0 Å². The van der Waals surface area contributed by atoms with Crippen molar-refractivity contribution in [2.45, 2.75) is 32.7 Å². The standard InChI is InChI=1S/C15H21N3O2/c1-4-10(2)14(16)15-17-13(18-20-15)9-11-5-7-12(19-3)8-6-11/h5-8,10,14H,4,9,16H2,1-3H3/t10-,14-/m0/s1. The van der Waals surface area contributed by atoms with Crippen LogP contribution in [0.15, 0.2) is 28.8 Å². The van der Waals surface area contributed by atoms with Gasteiger partial charge in [-0.25, -0.2) is 0 Å². The summed E-state index contributed by atoms with van der Waals surface area (Å²) in [6.07, 6.45) is 1.61. The van der Waals surface area contributed by atoms with Gasteiger partial charge in [-0.2, -0.15) is 4.98 Å². The van der Waals surface area contributed by atoms with Crippen LogP contribution < -0.4 is 10.5 Å². The fraction of sp³-hybridized carbons (Fsp3) is 0.467. The number of rotatable bonds is 6. The van der Waals surface area contributed by atoms with Gasteiger partial charge in [-0.1, -0.05) is 37.6 Å². The zero-order valence-corrected chi connectivity index (χ0v) is 12.2. The van der Waals surface area contributed by atoms with Gasteiger partial charge in [0, 0.05) is 6.42 Å². The summed E-state index contributed by atoms with van der Waals surface area (Å²) in [4.78, 5) is 4.38. The first-order valence-electron chi connectivity index (χ1n) is 6.85. The summed E-state index contributed by atoms with van der Waals surface area (Å²) in [6.45, 7) is 4.18. The zero-order chi connectivity index (χ0) is 14.5. The molecule has 0 aliphatic carbocycles. The number of nitrogens with zero attached hydrogens (tertiary/aromatic N) is 2. The summed E-state index contributed by atoms with van der Waals surface area (Å²) >= 11 is 0. The molecule has 20 heavy (non-hydrogen) atoms. The van der Waals surface area contributed by atoms with Gasteiger partial charge in [-0.3, -0.25) is 0 Å². The molecule has 2 atom stereocenters. The predicted molar refractivity (Wildman–Crippen MR) is 76.5 cm³/mol. The van der Waals surface area contributed by atoms with E-state index in [-0.39, 0.29) is 6.04 Å². The van der Waals surface area contributed by atoms with E-state index in [1.54, 1.807) is 7.11 Å². The minimum atomic E-state index is -0.197. The van der Waals surface area contributed by atoms with Crippen LogP contribution in [0.3, 0.4) is 0 Å². The largest absolute Gasteiger partial charge is 0.497 e. The summed E-state index contributed by atoms with van der Waals surface area (Å²) in [5.74, 6) is 2.33. The highest BCUT2D eigenvalue weighted by Crippen LogP contribution is 2.21. The van der Waals surface area contributed by atoms with E-state index in [1.807, 2.05) is 24.3 Å². The van der Waals surface area contributed by atoms with Gasteiger partial charge in [0.15, 0.2) is 5.82 Å². The third-order valence-corrected chi connectivity index (χ3v) is 3.55. The first-order valence-corrected chi connectivity index (χ1v) is 6.85. The molecule has 0 unspecified atom stereocenters. The topological polar surface area (TPSA) is 74.2 Å². The molecule has 0 spiro atoms. The van der Waals surface area contributed by atoms with Crippen LogP contribution in [0.2, 0.25) is 0 Å². The van der Waals surface area contributed by atoms with Crippen LogP contribution in [0.4, 0.5) is 0 Å². The lowest BCUT2D eigenvalue weighted by Gasteiger charge is -2.12. The van der Waals surface area contributed by atoms with Gasteiger partial charge in [0.05, 0.1) is 13.2 Å². The van der Waals surface area contributed by atoms with Crippen molar-refractivity contribution in [1.82, 2.24) is 10.1 Å². The Kier molecular flexibility index (Phi) is 4.74. The van der Waals surface area contributed by atoms with Crippen molar-refractivity contribution in [3.63, 3.8) is 0 Å². The predicted octanol–water partition coefficient (Wildman–Crippen LogP) is 2.71. The molecule has 1 heterocycles. The van der Waals surface area contributed by atoms with Crippen molar-refractivity contribution in [3.8, 4) is 5.75 Å². The Morgan fingerprint density at radius 3 is 2.60 bits per heavy atom. The van der Waals surface area contributed by atoms with Crippen LogP contribution in [0.5, 0.6) is 5.75 Å². The molecule has 0 radical (unpaired) electrons. The van der Waals surface area contributed by atoms with Gasteiger partial charge in [0.1, 0.15) is 5.75 Å². The summed E-state index contributed by atoms with van der Waals surface area (Å²) < 4.78 is 10.4. The number of benzene rings is 1. The molecule has 0 fully saturated rings. The Hall–Kier alpha value is -1.88. The maximum absolute atomic E-state index is 6.08. The Morgan fingerprint density at radius 1 is 1.30 bits per heavy atom. The van der Waals surface area contributed by atoms with Gasteiger partial charge in [0.2, 0.25) is 5.89 Å². The van der Waals surface area contributed by atoms with E-state index >= 15 is 0 Å². The van der Waals surface area contributed by atoms with Crippen LogP contribution in [-0.2, 0) is 6.42 Å². The van der Waals surface area contributed by atoms with E-state index in [9.17, 15) is 0 Å². The molecule has 0 amide bonds. The van der Waals surface area contributed by atoms with Crippen molar-refractivity contribution in [2.24, 2.45) is 11.7 Å². The molecule has 1 aromatic heterocycles. The van der Waals surface area contributed by atoms with E-state index < -0.39 is 0 Å². The molecular weight excluding hydrogens is 254 g/mol. The fourth-order valence-corrected chi connectivity index (χ4v) is 1.90. The lowest BCUT2D eigenvalue weighted by molar-refractivity contribution is 0.310.